The molecule has 88 valence electrons. The van der Waals surface area contributed by atoms with Gasteiger partial charge in [0.2, 0.25) is 0 Å². The van der Waals surface area contributed by atoms with E-state index in [0.29, 0.717) is 19.6 Å². The molecule has 1 rings (SSSR count). The standard InChI is InChI=1S/C13H18O3/c1-10-11(2)13(16-9-8-15-3)5-4-12(10)6-7-14/h4-5,7H,6,8-9H2,1-3H3. The molecule has 0 atom stereocenters. The van der Waals surface area contributed by atoms with Gasteiger partial charge in [0.1, 0.15) is 18.6 Å². The Kier molecular flexibility index (Phi) is 4.99. The molecule has 0 unspecified atom stereocenters. The zero-order chi connectivity index (χ0) is 12.0. The van der Waals surface area contributed by atoms with Crippen LogP contribution < -0.4 is 4.74 Å². The van der Waals surface area contributed by atoms with Crippen molar-refractivity contribution in [2.45, 2.75) is 20.3 Å². The molecule has 0 aliphatic rings. The van der Waals surface area contributed by atoms with E-state index < -0.39 is 0 Å². The summed E-state index contributed by atoms with van der Waals surface area (Å²) >= 11 is 0. The SMILES string of the molecule is COCCOc1ccc(CC=O)c(C)c1C. The summed E-state index contributed by atoms with van der Waals surface area (Å²) in [7, 11) is 1.65. The molecular formula is C13H18O3. The minimum absolute atomic E-state index is 0.463. The monoisotopic (exact) mass is 222 g/mol. The minimum Gasteiger partial charge on any atom is -0.491 e. The second-order valence-electron chi connectivity index (χ2n) is 3.68. The van der Waals surface area contributed by atoms with Crippen LogP contribution in [-0.4, -0.2) is 26.6 Å². The van der Waals surface area contributed by atoms with Crippen LogP contribution in [0.25, 0.3) is 0 Å². The van der Waals surface area contributed by atoms with E-state index in [4.69, 9.17) is 9.47 Å². The van der Waals surface area contributed by atoms with E-state index in [-0.39, 0.29) is 0 Å². The van der Waals surface area contributed by atoms with Crippen LogP contribution in [0, 0.1) is 13.8 Å². The van der Waals surface area contributed by atoms with Crippen LogP contribution in [0.2, 0.25) is 0 Å². The summed E-state index contributed by atoms with van der Waals surface area (Å²) in [5.74, 6) is 0.865. The second kappa shape index (κ2) is 6.28. The number of carbonyl (C=O) groups excluding carboxylic acids is 1. The van der Waals surface area contributed by atoms with Gasteiger partial charge in [-0.25, -0.2) is 0 Å². The lowest BCUT2D eigenvalue weighted by Gasteiger charge is -2.13. The van der Waals surface area contributed by atoms with Crippen molar-refractivity contribution in [1.29, 1.82) is 0 Å². The molecule has 0 N–H and O–H groups in total. The van der Waals surface area contributed by atoms with E-state index in [2.05, 4.69) is 0 Å². The van der Waals surface area contributed by atoms with E-state index in [1.165, 1.54) is 0 Å². The van der Waals surface area contributed by atoms with Crippen molar-refractivity contribution in [3.05, 3.63) is 28.8 Å². The average molecular weight is 222 g/mol. The molecule has 0 heterocycles. The fourth-order valence-electron chi connectivity index (χ4n) is 1.55. The number of carbonyl (C=O) groups is 1. The topological polar surface area (TPSA) is 35.5 Å². The maximum Gasteiger partial charge on any atom is 0.124 e. The molecule has 0 aliphatic heterocycles. The normalized spacial score (nSPS) is 10.2. The molecule has 16 heavy (non-hydrogen) atoms. The van der Waals surface area contributed by atoms with Crippen LogP contribution in [0.3, 0.4) is 0 Å². The Hall–Kier alpha value is -1.35. The zero-order valence-corrected chi connectivity index (χ0v) is 10.1. The van der Waals surface area contributed by atoms with E-state index >= 15 is 0 Å². The van der Waals surface area contributed by atoms with Gasteiger partial charge >= 0.3 is 0 Å². The van der Waals surface area contributed by atoms with Gasteiger partial charge in [0.15, 0.2) is 0 Å². The Morgan fingerprint density at radius 2 is 1.94 bits per heavy atom. The Balaban J connectivity index is 2.80. The Morgan fingerprint density at radius 3 is 2.56 bits per heavy atom. The van der Waals surface area contributed by atoms with Crippen molar-refractivity contribution in [2.24, 2.45) is 0 Å². The lowest BCUT2D eigenvalue weighted by Crippen LogP contribution is -2.06. The van der Waals surface area contributed by atoms with Gasteiger partial charge in [0, 0.05) is 13.5 Å². The first-order valence-corrected chi connectivity index (χ1v) is 5.35. The van der Waals surface area contributed by atoms with Gasteiger partial charge < -0.3 is 14.3 Å². The zero-order valence-electron chi connectivity index (χ0n) is 10.1. The van der Waals surface area contributed by atoms with Crippen LogP contribution >= 0.6 is 0 Å². The smallest absolute Gasteiger partial charge is 0.124 e. The van der Waals surface area contributed by atoms with Crippen LogP contribution in [0.1, 0.15) is 16.7 Å². The first-order chi connectivity index (χ1) is 7.70. The molecule has 0 saturated heterocycles. The highest BCUT2D eigenvalue weighted by Crippen LogP contribution is 2.24. The van der Waals surface area contributed by atoms with E-state index in [1.807, 2.05) is 26.0 Å². The van der Waals surface area contributed by atoms with Crippen LogP contribution in [0.4, 0.5) is 0 Å². The first-order valence-electron chi connectivity index (χ1n) is 5.35. The maximum atomic E-state index is 10.5. The molecule has 3 heteroatoms. The van der Waals surface area contributed by atoms with Gasteiger partial charge in [-0.3, -0.25) is 0 Å². The van der Waals surface area contributed by atoms with E-state index in [0.717, 1.165) is 28.7 Å². The number of ether oxygens (including phenoxy) is 2. The molecule has 0 aromatic heterocycles. The summed E-state index contributed by atoms with van der Waals surface area (Å²) in [6.45, 7) is 5.14. The van der Waals surface area contributed by atoms with Gasteiger partial charge in [-0.15, -0.1) is 0 Å². The molecule has 0 spiro atoms. The largest absolute Gasteiger partial charge is 0.491 e. The minimum atomic E-state index is 0.463. The molecule has 0 fully saturated rings. The van der Waals surface area contributed by atoms with Gasteiger partial charge in [-0.05, 0) is 36.6 Å². The summed E-state index contributed by atoms with van der Waals surface area (Å²) in [4.78, 5) is 10.5. The quantitative estimate of drug-likeness (QED) is 0.546. The van der Waals surface area contributed by atoms with Gasteiger partial charge in [-0.1, -0.05) is 6.07 Å². The highest BCUT2D eigenvalue weighted by molar-refractivity contribution is 5.58. The van der Waals surface area contributed by atoms with Crippen molar-refractivity contribution in [3.63, 3.8) is 0 Å². The molecule has 0 radical (unpaired) electrons. The highest BCUT2D eigenvalue weighted by atomic mass is 16.5. The number of benzene rings is 1. The first kappa shape index (κ1) is 12.7. The summed E-state index contributed by atoms with van der Waals surface area (Å²) in [5, 5.41) is 0. The average Bonchev–Trinajstić information content (AvgIpc) is 2.28. The molecule has 0 bridgehead atoms. The molecule has 0 saturated carbocycles. The summed E-state index contributed by atoms with van der Waals surface area (Å²) in [5.41, 5.74) is 3.28. The molecule has 0 aliphatic carbocycles. The van der Waals surface area contributed by atoms with Crippen LogP contribution in [-0.2, 0) is 16.0 Å². The Bertz CT molecular complexity index is 358. The van der Waals surface area contributed by atoms with E-state index in [1.54, 1.807) is 7.11 Å². The lowest BCUT2D eigenvalue weighted by atomic mass is 10.0. The van der Waals surface area contributed by atoms with Gasteiger partial charge in [0.05, 0.1) is 6.61 Å². The van der Waals surface area contributed by atoms with Crippen LogP contribution in [0.15, 0.2) is 12.1 Å². The number of rotatable bonds is 6. The Morgan fingerprint density at radius 1 is 1.19 bits per heavy atom. The summed E-state index contributed by atoms with van der Waals surface area (Å²) < 4.78 is 10.5. The molecule has 1 aromatic carbocycles. The number of aldehydes is 1. The second-order valence-corrected chi connectivity index (χ2v) is 3.68. The molecule has 0 amide bonds. The fourth-order valence-corrected chi connectivity index (χ4v) is 1.55. The molecule has 3 nitrogen and oxygen atoms in total. The maximum absolute atomic E-state index is 10.5. The molecule has 1 aromatic rings. The van der Waals surface area contributed by atoms with Crippen molar-refractivity contribution < 1.29 is 14.3 Å². The van der Waals surface area contributed by atoms with Crippen molar-refractivity contribution >= 4 is 6.29 Å². The molecular weight excluding hydrogens is 204 g/mol. The number of hydrogen-bond acceptors (Lipinski definition) is 3. The predicted octanol–water partition coefficient (Wildman–Crippen LogP) is 2.07. The van der Waals surface area contributed by atoms with Crippen LogP contribution in [0.5, 0.6) is 5.75 Å². The third-order valence-corrected chi connectivity index (χ3v) is 2.70. The number of methoxy groups -OCH3 is 1. The Labute approximate surface area is 96.4 Å². The third-order valence-electron chi connectivity index (χ3n) is 2.70. The fraction of sp³-hybridized carbons (Fsp3) is 0.462. The third kappa shape index (κ3) is 3.07. The van der Waals surface area contributed by atoms with Crippen molar-refractivity contribution in [2.75, 3.05) is 20.3 Å². The van der Waals surface area contributed by atoms with Gasteiger partial charge in [0.25, 0.3) is 0 Å². The van der Waals surface area contributed by atoms with Crippen molar-refractivity contribution in [1.82, 2.24) is 0 Å². The predicted molar refractivity (Wildman–Crippen MR) is 63.1 cm³/mol. The number of hydrogen-bond donors (Lipinski definition) is 0. The van der Waals surface area contributed by atoms with E-state index in [9.17, 15) is 4.79 Å². The summed E-state index contributed by atoms with van der Waals surface area (Å²) in [6.07, 6.45) is 1.39. The van der Waals surface area contributed by atoms with Crippen molar-refractivity contribution in [3.8, 4) is 5.75 Å². The highest BCUT2D eigenvalue weighted by Gasteiger charge is 2.06. The summed E-state index contributed by atoms with van der Waals surface area (Å²) in [6, 6.07) is 3.86. The van der Waals surface area contributed by atoms with Gasteiger partial charge in [-0.2, -0.15) is 0 Å². The lowest BCUT2D eigenvalue weighted by molar-refractivity contribution is -0.107.